The number of hydrogen-bond acceptors (Lipinski definition) is 4. The van der Waals surface area contributed by atoms with Gasteiger partial charge >= 0.3 is 0 Å². The van der Waals surface area contributed by atoms with Gasteiger partial charge < -0.3 is 10.3 Å². The fraction of sp³-hybridized carbons (Fsp3) is 0.308. The number of aromatic nitrogens is 3. The molecule has 2 heterocycles. The number of carbonyl (C=O) groups is 1. The highest BCUT2D eigenvalue weighted by Crippen LogP contribution is 2.17. The minimum Gasteiger partial charge on any atom is -0.337 e. The lowest BCUT2D eigenvalue weighted by molar-refractivity contribution is -0.113. The number of pyridine rings is 1. The Morgan fingerprint density at radius 1 is 1.47 bits per heavy atom. The molecule has 0 fully saturated rings. The van der Waals surface area contributed by atoms with Crippen LogP contribution >= 0.6 is 11.8 Å². The molecule has 5 nitrogen and oxygen atoms in total. The van der Waals surface area contributed by atoms with Gasteiger partial charge in [-0.3, -0.25) is 4.79 Å². The summed E-state index contributed by atoms with van der Waals surface area (Å²) in [5.41, 5.74) is 2.11. The number of aryl methyl sites for hydroxylation is 2. The average Bonchev–Trinajstić information content (AvgIpc) is 2.78. The molecule has 2 rings (SSSR count). The molecule has 0 unspecified atom stereocenters. The van der Waals surface area contributed by atoms with Crippen LogP contribution < -0.4 is 5.32 Å². The van der Waals surface area contributed by atoms with Crippen molar-refractivity contribution in [1.82, 2.24) is 15.0 Å². The van der Waals surface area contributed by atoms with Gasteiger partial charge in [-0.05, 0) is 25.5 Å². The van der Waals surface area contributed by atoms with Gasteiger partial charge in [-0.1, -0.05) is 24.8 Å². The SMILES string of the molecule is CCc1nc(SCC(=O)Nc2ccccn2)[nH]c1C. The number of nitrogens with zero attached hydrogens (tertiary/aromatic N) is 2. The Bertz CT molecular complexity index is 553. The first kappa shape index (κ1) is 13.6. The molecule has 100 valence electrons. The molecular weight excluding hydrogens is 260 g/mol. The molecule has 1 amide bonds. The maximum absolute atomic E-state index is 11.7. The van der Waals surface area contributed by atoms with Crippen LogP contribution in [-0.4, -0.2) is 26.6 Å². The monoisotopic (exact) mass is 276 g/mol. The van der Waals surface area contributed by atoms with E-state index in [9.17, 15) is 4.79 Å². The van der Waals surface area contributed by atoms with Crippen molar-refractivity contribution in [2.45, 2.75) is 25.4 Å². The number of amides is 1. The van der Waals surface area contributed by atoms with Crippen molar-refractivity contribution in [2.24, 2.45) is 0 Å². The molecule has 0 aliphatic heterocycles. The quantitative estimate of drug-likeness (QED) is 0.823. The first-order valence-corrected chi connectivity index (χ1v) is 7.06. The van der Waals surface area contributed by atoms with Crippen LogP contribution in [0, 0.1) is 6.92 Å². The maximum Gasteiger partial charge on any atom is 0.236 e. The zero-order chi connectivity index (χ0) is 13.7. The highest BCUT2D eigenvalue weighted by molar-refractivity contribution is 7.99. The summed E-state index contributed by atoms with van der Waals surface area (Å²) in [6.07, 6.45) is 2.54. The topological polar surface area (TPSA) is 70.7 Å². The zero-order valence-corrected chi connectivity index (χ0v) is 11.8. The lowest BCUT2D eigenvalue weighted by atomic mass is 10.3. The summed E-state index contributed by atoms with van der Waals surface area (Å²) in [4.78, 5) is 23.4. The van der Waals surface area contributed by atoms with E-state index in [1.165, 1.54) is 11.8 Å². The van der Waals surface area contributed by atoms with Crippen molar-refractivity contribution in [3.63, 3.8) is 0 Å². The molecule has 2 N–H and O–H groups in total. The van der Waals surface area contributed by atoms with E-state index in [2.05, 4.69) is 27.2 Å². The summed E-state index contributed by atoms with van der Waals surface area (Å²) >= 11 is 1.39. The second kappa shape index (κ2) is 6.38. The predicted octanol–water partition coefficient (Wildman–Crippen LogP) is 2.41. The fourth-order valence-electron chi connectivity index (χ4n) is 1.63. The molecule has 19 heavy (non-hydrogen) atoms. The van der Waals surface area contributed by atoms with Crippen LogP contribution in [0.4, 0.5) is 5.82 Å². The Balaban J connectivity index is 1.86. The number of carbonyl (C=O) groups excluding carboxylic acids is 1. The molecular formula is C13H16N4OS. The largest absolute Gasteiger partial charge is 0.337 e. The van der Waals surface area contributed by atoms with Crippen molar-refractivity contribution in [3.05, 3.63) is 35.8 Å². The normalized spacial score (nSPS) is 10.4. The number of imidazole rings is 1. The minimum atomic E-state index is -0.0872. The Labute approximate surface area is 116 Å². The molecule has 0 spiro atoms. The van der Waals surface area contributed by atoms with Crippen LogP contribution in [0.5, 0.6) is 0 Å². The zero-order valence-electron chi connectivity index (χ0n) is 10.9. The summed E-state index contributed by atoms with van der Waals surface area (Å²) in [6, 6.07) is 5.40. The van der Waals surface area contributed by atoms with Crippen LogP contribution in [-0.2, 0) is 11.2 Å². The van der Waals surface area contributed by atoms with Gasteiger partial charge in [0, 0.05) is 11.9 Å². The number of aromatic amines is 1. The van der Waals surface area contributed by atoms with E-state index in [1.807, 2.05) is 19.1 Å². The Morgan fingerprint density at radius 2 is 2.32 bits per heavy atom. The van der Waals surface area contributed by atoms with Gasteiger partial charge in [-0.2, -0.15) is 0 Å². The molecule has 0 atom stereocenters. The van der Waals surface area contributed by atoms with Crippen LogP contribution in [0.3, 0.4) is 0 Å². The molecule has 0 saturated heterocycles. The van der Waals surface area contributed by atoms with E-state index in [0.29, 0.717) is 11.6 Å². The third-order valence-electron chi connectivity index (χ3n) is 2.57. The molecule has 6 heteroatoms. The summed E-state index contributed by atoms with van der Waals surface area (Å²) < 4.78 is 0. The van der Waals surface area contributed by atoms with Gasteiger partial charge in [0.2, 0.25) is 5.91 Å². The molecule has 0 aromatic carbocycles. The average molecular weight is 276 g/mol. The highest BCUT2D eigenvalue weighted by atomic mass is 32.2. The standard InChI is InChI=1S/C13H16N4OS/c1-3-10-9(2)15-13(16-10)19-8-12(18)17-11-6-4-5-7-14-11/h4-7H,3,8H2,1-2H3,(H,15,16)(H,14,17,18). The minimum absolute atomic E-state index is 0.0872. The second-order valence-electron chi connectivity index (χ2n) is 4.02. The fourth-order valence-corrected chi connectivity index (χ4v) is 2.37. The van der Waals surface area contributed by atoms with E-state index in [4.69, 9.17) is 0 Å². The summed E-state index contributed by atoms with van der Waals surface area (Å²) in [5, 5.41) is 3.52. The third kappa shape index (κ3) is 3.82. The Hall–Kier alpha value is -1.82. The first-order valence-electron chi connectivity index (χ1n) is 6.08. The van der Waals surface area contributed by atoms with E-state index in [-0.39, 0.29) is 5.91 Å². The van der Waals surface area contributed by atoms with Crippen LogP contribution in [0.1, 0.15) is 18.3 Å². The van der Waals surface area contributed by atoms with Crippen molar-refractivity contribution < 1.29 is 4.79 Å². The van der Waals surface area contributed by atoms with Crippen molar-refractivity contribution >= 4 is 23.5 Å². The van der Waals surface area contributed by atoms with Gasteiger partial charge in [-0.15, -0.1) is 0 Å². The Morgan fingerprint density at radius 3 is 2.95 bits per heavy atom. The van der Waals surface area contributed by atoms with E-state index < -0.39 is 0 Å². The maximum atomic E-state index is 11.7. The molecule has 0 aliphatic carbocycles. The smallest absolute Gasteiger partial charge is 0.236 e. The number of nitrogens with one attached hydrogen (secondary N) is 2. The lowest BCUT2D eigenvalue weighted by Crippen LogP contribution is -2.14. The highest BCUT2D eigenvalue weighted by Gasteiger charge is 2.08. The second-order valence-corrected chi connectivity index (χ2v) is 4.98. The van der Waals surface area contributed by atoms with Crippen LogP contribution in [0.25, 0.3) is 0 Å². The van der Waals surface area contributed by atoms with Gasteiger partial charge in [0.25, 0.3) is 0 Å². The van der Waals surface area contributed by atoms with Gasteiger partial charge in [-0.25, -0.2) is 9.97 Å². The molecule has 2 aromatic rings. The van der Waals surface area contributed by atoms with E-state index in [0.717, 1.165) is 23.0 Å². The summed E-state index contributed by atoms with van der Waals surface area (Å²) in [6.45, 7) is 4.05. The first-order chi connectivity index (χ1) is 9.19. The number of H-pyrrole nitrogens is 1. The molecule has 0 radical (unpaired) electrons. The van der Waals surface area contributed by atoms with Crippen molar-refractivity contribution in [3.8, 4) is 0 Å². The molecule has 0 bridgehead atoms. The number of anilines is 1. The van der Waals surface area contributed by atoms with Crippen molar-refractivity contribution in [1.29, 1.82) is 0 Å². The van der Waals surface area contributed by atoms with E-state index in [1.54, 1.807) is 12.3 Å². The number of rotatable bonds is 5. The number of thioether (sulfide) groups is 1. The molecule has 0 aliphatic rings. The van der Waals surface area contributed by atoms with Crippen molar-refractivity contribution in [2.75, 3.05) is 11.1 Å². The molecule has 0 saturated carbocycles. The lowest BCUT2D eigenvalue weighted by Gasteiger charge is -2.02. The van der Waals surface area contributed by atoms with Crippen LogP contribution in [0.15, 0.2) is 29.6 Å². The number of hydrogen-bond donors (Lipinski definition) is 2. The van der Waals surface area contributed by atoms with Crippen LogP contribution in [0.2, 0.25) is 0 Å². The summed E-state index contributed by atoms with van der Waals surface area (Å²) in [5.74, 6) is 0.793. The Kier molecular flexibility index (Phi) is 4.57. The van der Waals surface area contributed by atoms with Gasteiger partial charge in [0.05, 0.1) is 11.4 Å². The van der Waals surface area contributed by atoms with Gasteiger partial charge in [0.1, 0.15) is 5.82 Å². The summed E-state index contributed by atoms with van der Waals surface area (Å²) in [7, 11) is 0. The third-order valence-corrected chi connectivity index (χ3v) is 3.44. The van der Waals surface area contributed by atoms with E-state index >= 15 is 0 Å². The predicted molar refractivity (Wildman–Crippen MR) is 76.3 cm³/mol. The molecule has 2 aromatic heterocycles. The van der Waals surface area contributed by atoms with Gasteiger partial charge in [0.15, 0.2) is 5.16 Å².